The van der Waals surface area contributed by atoms with Gasteiger partial charge in [0.05, 0.1) is 26.1 Å². The largest absolute Gasteiger partial charge is 0.469 e. The first-order chi connectivity index (χ1) is 9.33. The maximum atomic E-state index is 11.8. The summed E-state index contributed by atoms with van der Waals surface area (Å²) in [5, 5.41) is 0. The van der Waals surface area contributed by atoms with Crippen LogP contribution in [0.3, 0.4) is 0 Å². The van der Waals surface area contributed by atoms with E-state index in [9.17, 15) is 22.8 Å². The number of likely N-dealkylation sites (tertiary alicyclic amines) is 1. The predicted octanol–water partition coefficient (Wildman–Crippen LogP) is 1.37. The molecule has 1 fully saturated rings. The van der Waals surface area contributed by atoms with Crippen molar-refractivity contribution in [2.24, 2.45) is 5.92 Å². The van der Waals surface area contributed by atoms with Gasteiger partial charge < -0.3 is 14.4 Å². The second-order valence-corrected chi connectivity index (χ2v) is 4.60. The van der Waals surface area contributed by atoms with Crippen LogP contribution in [0.1, 0.15) is 19.3 Å². The van der Waals surface area contributed by atoms with Crippen molar-refractivity contribution in [2.75, 3.05) is 33.4 Å². The van der Waals surface area contributed by atoms with Crippen LogP contribution in [0.2, 0.25) is 0 Å². The van der Waals surface area contributed by atoms with Gasteiger partial charge in [0.2, 0.25) is 5.91 Å². The summed E-state index contributed by atoms with van der Waals surface area (Å²) in [5.74, 6) is -0.744. The Hall–Kier alpha value is -1.31. The van der Waals surface area contributed by atoms with Crippen LogP contribution in [0, 0.1) is 5.92 Å². The molecule has 5 nitrogen and oxygen atoms in total. The van der Waals surface area contributed by atoms with Gasteiger partial charge in [-0.3, -0.25) is 9.59 Å². The Kier molecular flexibility index (Phi) is 6.25. The van der Waals surface area contributed by atoms with E-state index in [1.165, 1.54) is 12.0 Å². The minimum atomic E-state index is -4.37. The van der Waals surface area contributed by atoms with E-state index in [2.05, 4.69) is 9.47 Å². The number of halogens is 3. The molecule has 1 aliphatic heterocycles. The molecule has 8 heteroatoms. The summed E-state index contributed by atoms with van der Waals surface area (Å²) >= 11 is 0. The van der Waals surface area contributed by atoms with E-state index >= 15 is 0 Å². The van der Waals surface area contributed by atoms with Crippen molar-refractivity contribution in [1.29, 1.82) is 0 Å². The van der Waals surface area contributed by atoms with E-state index in [0.717, 1.165) is 0 Å². The fourth-order valence-electron chi connectivity index (χ4n) is 2.04. The predicted molar refractivity (Wildman–Crippen MR) is 62.8 cm³/mol. The Labute approximate surface area is 115 Å². The molecule has 0 aromatic heterocycles. The first-order valence-corrected chi connectivity index (χ1v) is 6.33. The first-order valence-electron chi connectivity index (χ1n) is 6.33. The number of amides is 1. The van der Waals surface area contributed by atoms with Crippen molar-refractivity contribution >= 4 is 11.9 Å². The maximum Gasteiger partial charge on any atom is 0.411 e. The number of ether oxygens (including phenoxy) is 2. The smallest absolute Gasteiger partial charge is 0.411 e. The zero-order valence-corrected chi connectivity index (χ0v) is 11.2. The Balaban J connectivity index is 2.21. The average molecular weight is 297 g/mol. The van der Waals surface area contributed by atoms with Crippen molar-refractivity contribution in [3.63, 3.8) is 0 Å². The fraction of sp³-hybridized carbons (Fsp3) is 0.833. The molecule has 0 spiro atoms. The summed E-state index contributed by atoms with van der Waals surface area (Å²) in [4.78, 5) is 24.6. The van der Waals surface area contributed by atoms with Crippen molar-refractivity contribution < 1.29 is 32.2 Å². The van der Waals surface area contributed by atoms with Crippen LogP contribution in [-0.4, -0.2) is 56.4 Å². The van der Waals surface area contributed by atoms with Gasteiger partial charge in [-0.05, 0) is 12.8 Å². The highest BCUT2D eigenvalue weighted by atomic mass is 19.4. The van der Waals surface area contributed by atoms with Crippen molar-refractivity contribution in [2.45, 2.75) is 25.4 Å². The topological polar surface area (TPSA) is 55.8 Å². The van der Waals surface area contributed by atoms with E-state index in [1.54, 1.807) is 0 Å². The molecule has 116 valence electrons. The minimum Gasteiger partial charge on any atom is -0.469 e. The summed E-state index contributed by atoms with van der Waals surface area (Å²) in [6.07, 6.45) is -3.43. The van der Waals surface area contributed by atoms with E-state index in [0.29, 0.717) is 25.9 Å². The standard InChI is InChI=1S/C12H18F3NO4/c1-19-11(18)9-2-5-16(6-3-9)10(17)4-7-20-8-12(13,14)15/h9H,2-8H2,1H3. The molecule has 0 aromatic carbocycles. The molecule has 1 aliphatic rings. The number of nitrogens with zero attached hydrogens (tertiary/aromatic N) is 1. The fourth-order valence-corrected chi connectivity index (χ4v) is 2.04. The first kappa shape index (κ1) is 16.7. The quantitative estimate of drug-likeness (QED) is 0.568. The molecule has 0 saturated carbocycles. The lowest BCUT2D eigenvalue weighted by Gasteiger charge is -2.30. The molecule has 0 aliphatic carbocycles. The van der Waals surface area contributed by atoms with Crippen LogP contribution in [0.25, 0.3) is 0 Å². The molecule has 1 heterocycles. The Morgan fingerprint density at radius 1 is 1.25 bits per heavy atom. The van der Waals surface area contributed by atoms with E-state index in [4.69, 9.17) is 0 Å². The van der Waals surface area contributed by atoms with Crippen LogP contribution in [0.5, 0.6) is 0 Å². The number of hydrogen-bond donors (Lipinski definition) is 0. The third kappa shape index (κ3) is 5.77. The highest BCUT2D eigenvalue weighted by molar-refractivity contribution is 5.77. The summed E-state index contributed by atoms with van der Waals surface area (Å²) in [6.45, 7) is -0.768. The zero-order valence-electron chi connectivity index (χ0n) is 11.2. The van der Waals surface area contributed by atoms with Gasteiger partial charge in [0.25, 0.3) is 0 Å². The average Bonchev–Trinajstić information content (AvgIpc) is 2.41. The minimum absolute atomic E-state index is 0.0844. The molecule has 0 aromatic rings. The SMILES string of the molecule is COC(=O)C1CCN(C(=O)CCOCC(F)(F)F)CC1. The molecule has 0 radical (unpaired) electrons. The molecule has 0 atom stereocenters. The highest BCUT2D eigenvalue weighted by Gasteiger charge is 2.29. The molecule has 1 saturated heterocycles. The summed E-state index contributed by atoms with van der Waals surface area (Å²) < 4.78 is 44.5. The van der Waals surface area contributed by atoms with Gasteiger partial charge >= 0.3 is 12.1 Å². The normalized spacial score (nSPS) is 17.1. The number of rotatable bonds is 5. The monoisotopic (exact) mass is 297 g/mol. The van der Waals surface area contributed by atoms with Crippen LogP contribution in [-0.2, 0) is 19.1 Å². The summed E-state index contributed by atoms with van der Waals surface area (Å²) in [5.41, 5.74) is 0. The molecule has 0 unspecified atom stereocenters. The van der Waals surface area contributed by atoms with Gasteiger partial charge in [-0.1, -0.05) is 0 Å². The number of methoxy groups -OCH3 is 1. The lowest BCUT2D eigenvalue weighted by molar-refractivity contribution is -0.175. The number of alkyl halides is 3. The van der Waals surface area contributed by atoms with Gasteiger partial charge in [0, 0.05) is 13.1 Å². The Morgan fingerprint density at radius 2 is 1.85 bits per heavy atom. The lowest BCUT2D eigenvalue weighted by atomic mass is 9.97. The van der Waals surface area contributed by atoms with Gasteiger partial charge in [0.15, 0.2) is 0 Å². The van der Waals surface area contributed by atoms with E-state index < -0.39 is 12.8 Å². The third-order valence-corrected chi connectivity index (χ3v) is 3.11. The van der Waals surface area contributed by atoms with Gasteiger partial charge in [0.1, 0.15) is 6.61 Å². The van der Waals surface area contributed by atoms with Crippen LogP contribution >= 0.6 is 0 Å². The highest BCUT2D eigenvalue weighted by Crippen LogP contribution is 2.19. The van der Waals surface area contributed by atoms with E-state index in [1.807, 2.05) is 0 Å². The van der Waals surface area contributed by atoms with Crippen molar-refractivity contribution in [3.05, 3.63) is 0 Å². The molecule has 1 rings (SSSR count). The second-order valence-electron chi connectivity index (χ2n) is 4.60. The molecule has 20 heavy (non-hydrogen) atoms. The summed E-state index contributed by atoms with van der Waals surface area (Å²) in [7, 11) is 1.32. The van der Waals surface area contributed by atoms with Gasteiger partial charge in [-0.25, -0.2) is 0 Å². The molecule has 0 bridgehead atoms. The Bertz CT molecular complexity index is 338. The number of carbonyl (C=O) groups excluding carboxylic acids is 2. The van der Waals surface area contributed by atoms with Crippen LogP contribution < -0.4 is 0 Å². The Morgan fingerprint density at radius 3 is 2.35 bits per heavy atom. The molecule has 0 N–H and O–H groups in total. The van der Waals surface area contributed by atoms with Crippen LogP contribution in [0.15, 0.2) is 0 Å². The lowest BCUT2D eigenvalue weighted by Crippen LogP contribution is -2.40. The second kappa shape index (κ2) is 7.47. The zero-order chi connectivity index (χ0) is 15.2. The number of esters is 1. The number of hydrogen-bond acceptors (Lipinski definition) is 4. The third-order valence-electron chi connectivity index (χ3n) is 3.11. The number of carbonyl (C=O) groups is 2. The van der Waals surface area contributed by atoms with E-state index in [-0.39, 0.29) is 30.8 Å². The van der Waals surface area contributed by atoms with Crippen LogP contribution in [0.4, 0.5) is 13.2 Å². The summed E-state index contributed by atoms with van der Waals surface area (Å²) in [6, 6.07) is 0. The van der Waals surface area contributed by atoms with Gasteiger partial charge in [-0.2, -0.15) is 13.2 Å². The number of piperidine rings is 1. The molecular weight excluding hydrogens is 279 g/mol. The molecule has 1 amide bonds. The van der Waals surface area contributed by atoms with Gasteiger partial charge in [-0.15, -0.1) is 0 Å². The maximum absolute atomic E-state index is 11.8. The van der Waals surface area contributed by atoms with Crippen molar-refractivity contribution in [3.8, 4) is 0 Å². The van der Waals surface area contributed by atoms with Crippen molar-refractivity contribution in [1.82, 2.24) is 4.90 Å². The molecular formula is C12H18F3NO4.